The van der Waals surface area contributed by atoms with Gasteiger partial charge in [-0.1, -0.05) is 47.2 Å². The van der Waals surface area contributed by atoms with Crippen LogP contribution in [0.3, 0.4) is 0 Å². The number of carbonyl (C=O) groups is 1. The van der Waals surface area contributed by atoms with Crippen molar-refractivity contribution in [3.05, 3.63) is 136 Å². The molecule has 0 spiro atoms. The third-order valence-electron chi connectivity index (χ3n) is 7.20. The summed E-state index contributed by atoms with van der Waals surface area (Å²) in [5, 5.41) is 11.5. The molecule has 1 aromatic heterocycles. The Balaban J connectivity index is 1.51. The number of amides is 1. The van der Waals surface area contributed by atoms with Gasteiger partial charge in [0.25, 0.3) is 17.2 Å². The summed E-state index contributed by atoms with van der Waals surface area (Å²) in [7, 11) is 0. The van der Waals surface area contributed by atoms with Gasteiger partial charge in [0.1, 0.15) is 12.4 Å². The second kappa shape index (κ2) is 12.8. The van der Waals surface area contributed by atoms with Crippen LogP contribution in [0.2, 0.25) is 5.02 Å². The van der Waals surface area contributed by atoms with Crippen LogP contribution in [0.1, 0.15) is 43.5 Å². The van der Waals surface area contributed by atoms with Crippen LogP contribution in [-0.2, 0) is 11.4 Å². The van der Waals surface area contributed by atoms with E-state index in [9.17, 15) is 19.7 Å². The highest BCUT2D eigenvalue weighted by atomic mass is 35.5. The van der Waals surface area contributed by atoms with Crippen LogP contribution in [0.5, 0.6) is 5.75 Å². The number of fused-ring (bicyclic) bond motifs is 1. The van der Waals surface area contributed by atoms with E-state index in [1.165, 1.54) is 23.5 Å². The van der Waals surface area contributed by atoms with E-state index in [1.807, 2.05) is 51.1 Å². The summed E-state index contributed by atoms with van der Waals surface area (Å²) in [5.74, 6) is 0.431. The Bertz CT molecular complexity index is 1890. The van der Waals surface area contributed by atoms with Gasteiger partial charge in [0, 0.05) is 30.2 Å². The molecule has 220 valence electrons. The highest BCUT2D eigenvalue weighted by Gasteiger charge is 2.34. The minimum atomic E-state index is -0.653. The first-order valence-electron chi connectivity index (χ1n) is 13.7. The summed E-state index contributed by atoms with van der Waals surface area (Å²) >= 11 is 7.44. The Morgan fingerprint density at radius 2 is 1.81 bits per heavy atom. The zero-order valence-electron chi connectivity index (χ0n) is 23.8. The van der Waals surface area contributed by atoms with E-state index in [1.54, 1.807) is 45.9 Å². The third kappa shape index (κ3) is 6.30. The number of carbonyl (C=O) groups excluding carboxylic acids is 1. The van der Waals surface area contributed by atoms with Gasteiger partial charge in [-0.25, -0.2) is 4.99 Å². The van der Waals surface area contributed by atoms with E-state index < -0.39 is 11.0 Å². The predicted molar refractivity (Wildman–Crippen MR) is 167 cm³/mol. The number of non-ortho nitro benzene ring substituents is 1. The molecule has 4 aromatic rings. The van der Waals surface area contributed by atoms with E-state index in [2.05, 4.69) is 0 Å². The fourth-order valence-electron chi connectivity index (χ4n) is 4.96. The summed E-state index contributed by atoms with van der Waals surface area (Å²) in [6, 6.07) is 20.0. The maximum absolute atomic E-state index is 14.0. The standard InChI is InChI=1S/C32H29ClN4O5S/c1-4-35(5-2)31(39)28-20(3)34-32-36(29(28)23-11-13-24(33)14-12-23)30(38)27(43-32)18-22-7-6-8-26(17-22)42-19-21-9-15-25(16-10-21)37(40)41/h6-18,29H,4-5,19H2,1-3H3/b27-18+/t29-/m1/s1. The van der Waals surface area contributed by atoms with Crippen molar-refractivity contribution < 1.29 is 14.5 Å². The monoisotopic (exact) mass is 616 g/mol. The predicted octanol–water partition coefficient (Wildman–Crippen LogP) is 5.24. The second-order valence-electron chi connectivity index (χ2n) is 9.90. The summed E-state index contributed by atoms with van der Waals surface area (Å²) in [6.45, 7) is 6.95. The van der Waals surface area contributed by atoms with E-state index in [0.29, 0.717) is 44.5 Å². The van der Waals surface area contributed by atoms with Crippen LogP contribution < -0.4 is 19.6 Å². The Labute approximate surface area is 256 Å². The molecule has 1 amide bonds. The molecule has 43 heavy (non-hydrogen) atoms. The van der Waals surface area contributed by atoms with Crippen molar-refractivity contribution >= 4 is 40.6 Å². The van der Waals surface area contributed by atoms with Crippen LogP contribution in [0.15, 0.2) is 93.9 Å². The minimum absolute atomic E-state index is 0.0187. The molecule has 0 N–H and O–H groups in total. The largest absolute Gasteiger partial charge is 0.489 e. The first kappa shape index (κ1) is 29.9. The van der Waals surface area contributed by atoms with Gasteiger partial charge in [-0.2, -0.15) is 0 Å². The van der Waals surface area contributed by atoms with Gasteiger partial charge >= 0.3 is 0 Å². The smallest absolute Gasteiger partial charge is 0.271 e. The van der Waals surface area contributed by atoms with Crippen LogP contribution in [-0.4, -0.2) is 33.4 Å². The lowest BCUT2D eigenvalue weighted by Crippen LogP contribution is -2.43. The molecule has 1 aliphatic heterocycles. The topological polar surface area (TPSA) is 107 Å². The molecular formula is C32H29ClN4O5S. The van der Waals surface area contributed by atoms with Crippen molar-refractivity contribution in [2.75, 3.05) is 13.1 Å². The number of hydrogen-bond donors (Lipinski definition) is 0. The van der Waals surface area contributed by atoms with E-state index in [-0.39, 0.29) is 23.8 Å². The van der Waals surface area contributed by atoms with Gasteiger partial charge in [-0.3, -0.25) is 24.3 Å². The molecule has 0 fully saturated rings. The molecule has 0 saturated heterocycles. The van der Waals surface area contributed by atoms with Crippen LogP contribution in [0.25, 0.3) is 6.08 Å². The van der Waals surface area contributed by atoms with Gasteiger partial charge in [-0.15, -0.1) is 0 Å². The van der Waals surface area contributed by atoms with E-state index in [0.717, 1.165) is 16.7 Å². The molecule has 9 nitrogen and oxygen atoms in total. The summed E-state index contributed by atoms with van der Waals surface area (Å²) < 4.78 is 7.98. The average molecular weight is 617 g/mol. The summed E-state index contributed by atoms with van der Waals surface area (Å²) in [6.07, 6.45) is 1.78. The molecule has 1 atom stereocenters. The van der Waals surface area contributed by atoms with Crippen LogP contribution >= 0.6 is 22.9 Å². The average Bonchev–Trinajstić information content (AvgIpc) is 3.30. The van der Waals surface area contributed by atoms with E-state index >= 15 is 0 Å². The Kier molecular flexibility index (Phi) is 8.89. The molecule has 0 unspecified atom stereocenters. The molecule has 0 radical (unpaired) electrons. The second-order valence-corrected chi connectivity index (χ2v) is 11.3. The van der Waals surface area contributed by atoms with Crippen LogP contribution in [0, 0.1) is 10.1 Å². The normalized spacial score (nSPS) is 14.7. The van der Waals surface area contributed by atoms with Crippen LogP contribution in [0.4, 0.5) is 5.69 Å². The lowest BCUT2D eigenvalue weighted by Gasteiger charge is -2.29. The SMILES string of the molecule is CCN(CC)C(=O)C1=C(C)N=c2s/c(=C/c3cccc(OCc4ccc([N+](=O)[O-])cc4)c3)c(=O)n2[C@@H]1c1ccc(Cl)cc1. The minimum Gasteiger partial charge on any atom is -0.489 e. The summed E-state index contributed by atoms with van der Waals surface area (Å²) in [5.41, 5.74) is 3.12. The van der Waals surface area contributed by atoms with E-state index in [4.69, 9.17) is 21.3 Å². The quantitative estimate of drug-likeness (QED) is 0.189. The molecule has 1 aliphatic rings. The molecule has 0 saturated carbocycles. The molecule has 5 rings (SSSR count). The first-order valence-corrected chi connectivity index (χ1v) is 14.9. The molecule has 11 heteroatoms. The molecular weight excluding hydrogens is 588 g/mol. The number of allylic oxidation sites excluding steroid dienone is 1. The third-order valence-corrected chi connectivity index (χ3v) is 8.43. The Hall–Kier alpha value is -4.54. The fraction of sp³-hybridized carbons (Fsp3) is 0.219. The number of nitrogens with zero attached hydrogens (tertiary/aromatic N) is 4. The lowest BCUT2D eigenvalue weighted by atomic mass is 9.94. The van der Waals surface area contributed by atoms with Crippen molar-refractivity contribution in [1.29, 1.82) is 0 Å². The number of rotatable bonds is 9. The number of aromatic nitrogens is 1. The van der Waals surface area contributed by atoms with Crippen molar-refractivity contribution in [3.8, 4) is 5.75 Å². The number of benzene rings is 3. The first-order chi connectivity index (χ1) is 20.7. The zero-order valence-corrected chi connectivity index (χ0v) is 25.4. The van der Waals surface area contributed by atoms with Crippen molar-refractivity contribution in [1.82, 2.24) is 9.47 Å². The molecule has 0 bridgehead atoms. The highest BCUT2D eigenvalue weighted by molar-refractivity contribution is 7.07. The lowest BCUT2D eigenvalue weighted by molar-refractivity contribution is -0.384. The molecule has 2 heterocycles. The molecule has 0 aliphatic carbocycles. The number of halogens is 1. The number of likely N-dealkylation sites (N-methyl/N-ethyl adjacent to an activating group) is 1. The van der Waals surface area contributed by atoms with Gasteiger partial charge in [0.15, 0.2) is 4.80 Å². The van der Waals surface area contributed by atoms with Gasteiger partial charge in [-0.05, 0) is 79.9 Å². The maximum Gasteiger partial charge on any atom is 0.271 e. The Morgan fingerprint density at radius 3 is 2.47 bits per heavy atom. The molecule has 3 aromatic carbocycles. The zero-order chi connectivity index (χ0) is 30.7. The Morgan fingerprint density at radius 1 is 1.12 bits per heavy atom. The van der Waals surface area contributed by atoms with Gasteiger partial charge in [0.2, 0.25) is 0 Å². The summed E-state index contributed by atoms with van der Waals surface area (Å²) in [4.78, 5) is 45.1. The van der Waals surface area contributed by atoms with Crippen molar-refractivity contribution in [3.63, 3.8) is 0 Å². The maximum atomic E-state index is 14.0. The number of ether oxygens (including phenoxy) is 1. The number of nitro groups is 1. The number of thiazole rings is 1. The number of hydrogen-bond acceptors (Lipinski definition) is 7. The van der Waals surface area contributed by atoms with Gasteiger partial charge in [0.05, 0.1) is 26.8 Å². The highest BCUT2D eigenvalue weighted by Crippen LogP contribution is 2.32. The number of nitro benzene ring substituents is 1. The fourth-order valence-corrected chi connectivity index (χ4v) is 6.14. The van der Waals surface area contributed by atoms with Crippen molar-refractivity contribution in [2.45, 2.75) is 33.4 Å². The van der Waals surface area contributed by atoms with Crippen molar-refractivity contribution in [2.24, 2.45) is 4.99 Å². The van der Waals surface area contributed by atoms with Gasteiger partial charge < -0.3 is 9.64 Å².